The van der Waals surface area contributed by atoms with Crippen LogP contribution in [-0.2, 0) is 14.3 Å². The minimum absolute atomic E-state index is 0.134. The van der Waals surface area contributed by atoms with Gasteiger partial charge in [0.25, 0.3) is 0 Å². The zero-order chi connectivity index (χ0) is 52.2. The Morgan fingerprint density at radius 2 is 0.819 bits per heavy atom. The molecular formula is C63H119NO8. The van der Waals surface area contributed by atoms with Crippen molar-refractivity contribution in [2.24, 2.45) is 0 Å². The summed E-state index contributed by atoms with van der Waals surface area (Å²) in [7, 11) is 0. The molecule has 1 saturated heterocycles. The molecule has 0 spiro atoms. The zero-order valence-corrected chi connectivity index (χ0v) is 47.2. The van der Waals surface area contributed by atoms with Crippen LogP contribution in [0.5, 0.6) is 0 Å². The molecule has 6 N–H and O–H groups in total. The summed E-state index contributed by atoms with van der Waals surface area (Å²) in [6, 6.07) is -0.715. The predicted octanol–water partition coefficient (Wildman–Crippen LogP) is 15.9. The fourth-order valence-corrected chi connectivity index (χ4v) is 10.1. The lowest BCUT2D eigenvalue weighted by Gasteiger charge is -2.40. The zero-order valence-electron chi connectivity index (χ0n) is 47.2. The summed E-state index contributed by atoms with van der Waals surface area (Å²) in [5.74, 6) is -0.141. The van der Waals surface area contributed by atoms with Crippen LogP contribution in [0.3, 0.4) is 0 Å². The minimum Gasteiger partial charge on any atom is -0.394 e. The Hall–Kier alpha value is -1.59. The predicted molar refractivity (Wildman–Crippen MR) is 304 cm³/mol. The van der Waals surface area contributed by atoms with Gasteiger partial charge in [0.15, 0.2) is 6.29 Å². The van der Waals surface area contributed by atoms with Crippen molar-refractivity contribution in [2.75, 3.05) is 13.2 Å². The molecule has 0 bridgehead atoms. The number of aliphatic hydroxyl groups is 5. The van der Waals surface area contributed by atoms with Gasteiger partial charge >= 0.3 is 0 Å². The van der Waals surface area contributed by atoms with Crippen LogP contribution in [0.1, 0.15) is 303 Å². The molecule has 7 atom stereocenters. The number of rotatable bonds is 54. The largest absolute Gasteiger partial charge is 0.394 e. The Labute approximate surface area is 444 Å². The van der Waals surface area contributed by atoms with Crippen molar-refractivity contribution >= 4 is 5.91 Å². The van der Waals surface area contributed by atoms with E-state index in [0.29, 0.717) is 12.8 Å². The van der Waals surface area contributed by atoms with Gasteiger partial charge in [0.1, 0.15) is 24.4 Å². The van der Waals surface area contributed by atoms with Crippen LogP contribution in [0.2, 0.25) is 0 Å². The molecule has 0 radical (unpaired) electrons. The van der Waals surface area contributed by atoms with Gasteiger partial charge < -0.3 is 40.3 Å². The molecule has 0 saturated carbocycles. The van der Waals surface area contributed by atoms with Gasteiger partial charge in [-0.15, -0.1) is 0 Å². The van der Waals surface area contributed by atoms with Gasteiger partial charge in [-0.1, -0.05) is 281 Å². The minimum atomic E-state index is -1.55. The van der Waals surface area contributed by atoms with E-state index in [2.05, 4.69) is 55.6 Å². The lowest BCUT2D eigenvalue weighted by molar-refractivity contribution is -0.302. The standard InChI is InChI=1S/C63H119NO8/c1-3-5-7-9-11-13-15-16-17-18-19-20-21-22-23-24-25-26-27-28-29-30-31-32-33-34-35-36-37-38-39-40-41-42-43-45-47-49-51-53-59(67)64-56(55-71-63-62(70)61(69)60(68)58(54-65)72-63)57(66)52-50-48-46-44-14-12-10-8-6-4-2/h15-16,18-19,21-22,56-58,60-63,65-66,68-70H,3-14,17,20,23-55H2,1-2H3,(H,64,67)/b16-15-,19-18-,22-21-. The van der Waals surface area contributed by atoms with Gasteiger partial charge in [-0.05, 0) is 51.4 Å². The number of allylic oxidation sites excluding steroid dienone is 6. The quantitative estimate of drug-likeness (QED) is 0.0261. The average Bonchev–Trinajstić information content (AvgIpc) is 3.38. The maximum Gasteiger partial charge on any atom is 0.220 e. The summed E-state index contributed by atoms with van der Waals surface area (Å²) in [4.78, 5) is 13.0. The van der Waals surface area contributed by atoms with Crippen LogP contribution >= 0.6 is 0 Å². The number of carbonyl (C=O) groups excluding carboxylic acids is 1. The second-order valence-corrected chi connectivity index (χ2v) is 21.9. The molecular weight excluding hydrogens is 899 g/mol. The third-order valence-corrected chi connectivity index (χ3v) is 15.0. The molecule has 1 heterocycles. The molecule has 0 aromatic heterocycles. The summed E-state index contributed by atoms with van der Waals surface area (Å²) in [5.41, 5.74) is 0. The first-order valence-corrected chi connectivity index (χ1v) is 31.2. The van der Waals surface area contributed by atoms with Gasteiger partial charge in [-0.25, -0.2) is 0 Å². The molecule has 9 heteroatoms. The number of hydrogen-bond acceptors (Lipinski definition) is 8. The molecule has 0 aromatic rings. The highest BCUT2D eigenvalue weighted by Gasteiger charge is 2.44. The van der Waals surface area contributed by atoms with E-state index in [9.17, 15) is 30.3 Å². The van der Waals surface area contributed by atoms with Crippen molar-refractivity contribution in [3.05, 3.63) is 36.5 Å². The molecule has 9 nitrogen and oxygen atoms in total. The molecule has 7 unspecified atom stereocenters. The number of aliphatic hydroxyl groups excluding tert-OH is 5. The molecule has 1 fully saturated rings. The van der Waals surface area contributed by atoms with Crippen LogP contribution in [-0.4, -0.2) is 87.5 Å². The molecule has 72 heavy (non-hydrogen) atoms. The van der Waals surface area contributed by atoms with Crippen molar-refractivity contribution < 1.29 is 39.8 Å². The van der Waals surface area contributed by atoms with E-state index in [1.807, 2.05) is 0 Å². The van der Waals surface area contributed by atoms with Crippen LogP contribution < -0.4 is 5.32 Å². The Morgan fingerprint density at radius 1 is 0.472 bits per heavy atom. The normalized spacial score (nSPS) is 19.3. The Kier molecular flexibility index (Phi) is 50.2. The topological polar surface area (TPSA) is 149 Å². The summed E-state index contributed by atoms with van der Waals surface area (Å²) < 4.78 is 11.3. The summed E-state index contributed by atoms with van der Waals surface area (Å²) in [6.07, 6.45) is 62.2. The third-order valence-electron chi connectivity index (χ3n) is 15.0. The fraction of sp³-hybridized carbons (Fsp3) is 0.889. The van der Waals surface area contributed by atoms with E-state index in [1.54, 1.807) is 0 Å². The van der Waals surface area contributed by atoms with Crippen molar-refractivity contribution in [2.45, 2.75) is 346 Å². The van der Waals surface area contributed by atoms with Crippen LogP contribution in [0.15, 0.2) is 36.5 Å². The Bertz CT molecular complexity index is 1230. The average molecular weight is 1020 g/mol. The van der Waals surface area contributed by atoms with E-state index in [4.69, 9.17) is 9.47 Å². The number of unbranched alkanes of at least 4 members (excludes halogenated alkanes) is 38. The van der Waals surface area contributed by atoms with Crippen molar-refractivity contribution in [3.63, 3.8) is 0 Å². The van der Waals surface area contributed by atoms with Crippen LogP contribution in [0.4, 0.5) is 0 Å². The Balaban J connectivity index is 1.99. The molecule has 1 amide bonds. The first kappa shape index (κ1) is 68.4. The fourth-order valence-electron chi connectivity index (χ4n) is 10.1. The highest BCUT2D eigenvalue weighted by atomic mass is 16.7. The molecule has 424 valence electrons. The van der Waals surface area contributed by atoms with Gasteiger partial charge in [-0.2, -0.15) is 0 Å². The number of nitrogens with one attached hydrogen (secondary N) is 1. The number of amides is 1. The van der Waals surface area contributed by atoms with Crippen LogP contribution in [0, 0.1) is 0 Å². The van der Waals surface area contributed by atoms with Crippen LogP contribution in [0.25, 0.3) is 0 Å². The highest BCUT2D eigenvalue weighted by molar-refractivity contribution is 5.76. The Morgan fingerprint density at radius 3 is 1.21 bits per heavy atom. The van der Waals surface area contributed by atoms with E-state index in [1.165, 1.54) is 225 Å². The van der Waals surface area contributed by atoms with E-state index >= 15 is 0 Å². The molecule has 0 aromatic carbocycles. The molecule has 0 aliphatic carbocycles. The van der Waals surface area contributed by atoms with Gasteiger partial charge in [-0.3, -0.25) is 4.79 Å². The molecule has 1 aliphatic heterocycles. The van der Waals surface area contributed by atoms with Gasteiger partial charge in [0.05, 0.1) is 25.4 Å². The monoisotopic (exact) mass is 1020 g/mol. The number of carbonyl (C=O) groups is 1. The van der Waals surface area contributed by atoms with Gasteiger partial charge in [0, 0.05) is 6.42 Å². The third kappa shape index (κ3) is 41.6. The van der Waals surface area contributed by atoms with E-state index < -0.39 is 49.5 Å². The lowest BCUT2D eigenvalue weighted by atomic mass is 9.99. The summed E-state index contributed by atoms with van der Waals surface area (Å²) in [5, 5.41) is 54.5. The maximum atomic E-state index is 13.0. The second-order valence-electron chi connectivity index (χ2n) is 21.9. The summed E-state index contributed by atoms with van der Waals surface area (Å²) in [6.45, 7) is 3.83. The molecule has 1 rings (SSSR count). The highest BCUT2D eigenvalue weighted by Crippen LogP contribution is 2.23. The van der Waals surface area contributed by atoms with E-state index in [0.717, 1.165) is 51.4 Å². The number of ether oxygens (including phenoxy) is 2. The SMILES string of the molecule is CCCCCCC/C=C\C/C=C\C/C=C\CCCCCCCCCCCCCCCCCCCCCCCCCCC(=O)NC(COC1OC(CO)C(O)C(O)C1O)C(O)CCCCCCCCCCCC. The van der Waals surface area contributed by atoms with Gasteiger partial charge in [0.2, 0.25) is 5.91 Å². The van der Waals surface area contributed by atoms with E-state index in [-0.39, 0.29) is 12.5 Å². The number of hydrogen-bond donors (Lipinski definition) is 6. The smallest absolute Gasteiger partial charge is 0.220 e. The maximum absolute atomic E-state index is 13.0. The first-order chi connectivity index (χ1) is 35.3. The second kappa shape index (κ2) is 52.8. The first-order valence-electron chi connectivity index (χ1n) is 31.2. The summed E-state index contributed by atoms with van der Waals surface area (Å²) >= 11 is 0. The lowest BCUT2D eigenvalue weighted by Crippen LogP contribution is -2.60. The van der Waals surface area contributed by atoms with Crippen molar-refractivity contribution in [1.82, 2.24) is 5.32 Å². The van der Waals surface area contributed by atoms with Crippen molar-refractivity contribution in [1.29, 1.82) is 0 Å². The molecule has 1 aliphatic rings. The van der Waals surface area contributed by atoms with Crippen molar-refractivity contribution in [3.8, 4) is 0 Å².